The minimum Gasteiger partial charge on any atom is -0.292 e. The van der Waals surface area contributed by atoms with Crippen molar-refractivity contribution in [2.75, 3.05) is 0 Å². The molecule has 0 saturated heterocycles. The first-order valence-corrected chi connectivity index (χ1v) is 9.84. The molecule has 0 radical (unpaired) electrons. The summed E-state index contributed by atoms with van der Waals surface area (Å²) in [4.78, 5) is 17.8. The molecule has 0 saturated carbocycles. The van der Waals surface area contributed by atoms with Crippen LogP contribution < -0.4 is 0 Å². The molecule has 4 nitrogen and oxygen atoms in total. The van der Waals surface area contributed by atoms with E-state index in [1.54, 1.807) is 29.2 Å². The molecule has 29 heavy (non-hydrogen) atoms. The molecular formula is C23H17Cl2N3O. The van der Waals surface area contributed by atoms with Crippen LogP contribution >= 0.6 is 23.2 Å². The zero-order valence-electron chi connectivity index (χ0n) is 15.3. The second-order valence-corrected chi connectivity index (χ2v) is 7.45. The summed E-state index contributed by atoms with van der Waals surface area (Å²) < 4.78 is 1.60. The van der Waals surface area contributed by atoms with E-state index in [1.165, 1.54) is 6.33 Å². The van der Waals surface area contributed by atoms with E-state index in [0.29, 0.717) is 15.6 Å². The zero-order valence-corrected chi connectivity index (χ0v) is 16.8. The topological polar surface area (TPSA) is 47.8 Å². The summed E-state index contributed by atoms with van der Waals surface area (Å²) in [6.07, 6.45) is 2.99. The number of carbonyl (C=O) groups excluding carboxylic acids is 1. The normalized spacial score (nSPS) is 12.1. The molecule has 4 rings (SSSR count). The van der Waals surface area contributed by atoms with Gasteiger partial charge in [-0.1, -0.05) is 83.9 Å². The number of rotatable bonds is 6. The van der Waals surface area contributed by atoms with Gasteiger partial charge in [0.25, 0.3) is 0 Å². The molecule has 144 valence electrons. The lowest BCUT2D eigenvalue weighted by atomic mass is 9.81. The molecule has 0 amide bonds. The monoisotopic (exact) mass is 421 g/mol. The Hall–Kier alpha value is -2.95. The molecule has 3 aromatic carbocycles. The summed E-state index contributed by atoms with van der Waals surface area (Å²) in [5.41, 5.74) is 2.39. The molecule has 0 unspecified atom stereocenters. The van der Waals surface area contributed by atoms with Crippen LogP contribution in [0.25, 0.3) is 0 Å². The highest BCUT2D eigenvalue weighted by Gasteiger charge is 2.34. The number of halogens is 2. The van der Waals surface area contributed by atoms with Gasteiger partial charge in [-0.2, -0.15) is 5.10 Å². The Kier molecular flexibility index (Phi) is 5.74. The summed E-state index contributed by atoms with van der Waals surface area (Å²) in [6, 6.07) is 24.0. The number of Topliss-reactive ketones (excluding diaryl/α,β-unsaturated/α-hetero) is 1. The van der Waals surface area contributed by atoms with Crippen molar-refractivity contribution in [2.24, 2.45) is 0 Å². The summed E-state index contributed by atoms with van der Waals surface area (Å²) in [7, 11) is 0. The van der Waals surface area contributed by atoms with E-state index in [9.17, 15) is 4.79 Å². The quantitative estimate of drug-likeness (QED) is 0.367. The molecule has 4 aromatic rings. The Balaban J connectivity index is 1.90. The molecule has 6 heteroatoms. The first-order valence-electron chi connectivity index (χ1n) is 9.08. The van der Waals surface area contributed by atoms with Gasteiger partial charge < -0.3 is 0 Å². The predicted octanol–water partition coefficient (Wildman–Crippen LogP) is 5.84. The maximum Gasteiger partial charge on any atom is 0.189 e. The Bertz CT molecular complexity index is 1060. The smallest absolute Gasteiger partial charge is 0.189 e. The van der Waals surface area contributed by atoms with Crippen LogP contribution in [-0.2, 0) is 0 Å². The largest absolute Gasteiger partial charge is 0.292 e. The van der Waals surface area contributed by atoms with Gasteiger partial charge in [0.05, 0.1) is 5.02 Å². The number of carbonyl (C=O) groups is 1. The van der Waals surface area contributed by atoms with Crippen molar-refractivity contribution in [1.82, 2.24) is 14.8 Å². The Morgan fingerprint density at radius 3 is 2.00 bits per heavy atom. The first kappa shape index (κ1) is 19.4. The molecule has 0 spiro atoms. The number of aromatic nitrogens is 3. The fourth-order valence-corrected chi connectivity index (χ4v) is 4.01. The highest BCUT2D eigenvalue weighted by Crippen LogP contribution is 2.38. The highest BCUT2D eigenvalue weighted by molar-refractivity contribution is 6.37. The van der Waals surface area contributed by atoms with Crippen molar-refractivity contribution in [2.45, 2.75) is 12.0 Å². The van der Waals surface area contributed by atoms with E-state index in [2.05, 4.69) is 10.1 Å². The molecule has 1 heterocycles. The van der Waals surface area contributed by atoms with Crippen LogP contribution in [-0.4, -0.2) is 20.5 Å². The van der Waals surface area contributed by atoms with Crippen LogP contribution in [0.3, 0.4) is 0 Å². The van der Waals surface area contributed by atoms with Gasteiger partial charge in [-0.05, 0) is 29.3 Å². The fraction of sp³-hybridized carbons (Fsp3) is 0.0870. The SMILES string of the molecule is O=C(c1ccc(Cl)cc1Cl)[C@H](C(c1ccccc1)c1ccccc1)n1cncn1. The van der Waals surface area contributed by atoms with Gasteiger partial charge in [-0.25, -0.2) is 9.67 Å². The van der Waals surface area contributed by atoms with Gasteiger partial charge in [-0.15, -0.1) is 0 Å². The van der Waals surface area contributed by atoms with Gasteiger partial charge in [0.1, 0.15) is 18.7 Å². The van der Waals surface area contributed by atoms with Crippen LogP contribution in [0.15, 0.2) is 91.5 Å². The number of ketones is 1. The molecule has 0 fully saturated rings. The molecule has 0 aliphatic rings. The zero-order chi connectivity index (χ0) is 20.2. The van der Waals surface area contributed by atoms with Crippen LogP contribution in [0.2, 0.25) is 10.0 Å². The lowest BCUT2D eigenvalue weighted by Gasteiger charge is -2.27. The van der Waals surface area contributed by atoms with Gasteiger partial charge in [0.15, 0.2) is 5.78 Å². The second-order valence-electron chi connectivity index (χ2n) is 6.61. The maximum atomic E-state index is 13.7. The second kappa shape index (κ2) is 8.60. The van der Waals surface area contributed by atoms with Crippen molar-refractivity contribution in [3.8, 4) is 0 Å². The van der Waals surface area contributed by atoms with Crippen molar-refractivity contribution in [1.29, 1.82) is 0 Å². The third-order valence-corrected chi connectivity index (χ3v) is 5.37. The lowest BCUT2D eigenvalue weighted by Crippen LogP contribution is -2.28. The summed E-state index contributed by atoms with van der Waals surface area (Å²) >= 11 is 12.4. The highest BCUT2D eigenvalue weighted by atomic mass is 35.5. The number of benzene rings is 3. The average Bonchev–Trinajstić information content (AvgIpc) is 3.27. The fourth-order valence-electron chi connectivity index (χ4n) is 3.51. The summed E-state index contributed by atoms with van der Waals surface area (Å²) in [5, 5.41) is 5.09. The molecular weight excluding hydrogens is 405 g/mol. The van der Waals surface area contributed by atoms with Crippen molar-refractivity contribution >= 4 is 29.0 Å². The van der Waals surface area contributed by atoms with E-state index < -0.39 is 6.04 Å². The van der Waals surface area contributed by atoms with Crippen molar-refractivity contribution in [3.63, 3.8) is 0 Å². The number of hydrogen-bond donors (Lipinski definition) is 0. The van der Waals surface area contributed by atoms with E-state index in [0.717, 1.165) is 11.1 Å². The third kappa shape index (κ3) is 4.09. The van der Waals surface area contributed by atoms with Gasteiger partial charge >= 0.3 is 0 Å². The van der Waals surface area contributed by atoms with Crippen LogP contribution in [0.1, 0.15) is 33.4 Å². The van der Waals surface area contributed by atoms with E-state index in [-0.39, 0.29) is 11.7 Å². The maximum absolute atomic E-state index is 13.7. The summed E-state index contributed by atoms with van der Waals surface area (Å²) in [6.45, 7) is 0. The van der Waals surface area contributed by atoms with Gasteiger partial charge in [-0.3, -0.25) is 4.79 Å². The van der Waals surface area contributed by atoms with Gasteiger partial charge in [0, 0.05) is 16.5 Å². The third-order valence-electron chi connectivity index (χ3n) is 4.82. The van der Waals surface area contributed by atoms with Crippen molar-refractivity contribution in [3.05, 3.63) is 118 Å². The molecule has 1 atom stereocenters. The lowest BCUT2D eigenvalue weighted by molar-refractivity contribution is 0.0905. The number of hydrogen-bond acceptors (Lipinski definition) is 3. The van der Waals surface area contributed by atoms with Crippen molar-refractivity contribution < 1.29 is 4.79 Å². The molecule has 0 bridgehead atoms. The van der Waals surface area contributed by atoms with Crippen LogP contribution in [0, 0.1) is 0 Å². The standard InChI is InChI=1S/C23H17Cl2N3O/c24-18-11-12-19(20(25)13-18)23(29)22(28-15-26-14-27-28)21(16-7-3-1-4-8-16)17-9-5-2-6-10-17/h1-15,21-22H/t22-/m0/s1. The Labute approximate surface area is 178 Å². The molecule has 0 aliphatic heterocycles. The number of nitrogens with zero attached hydrogens (tertiary/aromatic N) is 3. The van der Waals surface area contributed by atoms with E-state index in [4.69, 9.17) is 23.2 Å². The van der Waals surface area contributed by atoms with Crippen LogP contribution in [0.4, 0.5) is 0 Å². The van der Waals surface area contributed by atoms with E-state index >= 15 is 0 Å². The predicted molar refractivity (Wildman–Crippen MR) is 115 cm³/mol. The average molecular weight is 422 g/mol. The summed E-state index contributed by atoms with van der Waals surface area (Å²) in [5.74, 6) is -0.437. The van der Waals surface area contributed by atoms with Crippen LogP contribution in [0.5, 0.6) is 0 Å². The minimum atomic E-state index is -0.666. The Morgan fingerprint density at radius 2 is 1.48 bits per heavy atom. The van der Waals surface area contributed by atoms with E-state index in [1.807, 2.05) is 60.7 Å². The molecule has 1 aromatic heterocycles. The Morgan fingerprint density at radius 1 is 0.862 bits per heavy atom. The minimum absolute atomic E-state index is 0.158. The first-order chi connectivity index (χ1) is 14.1. The molecule has 0 N–H and O–H groups in total. The van der Waals surface area contributed by atoms with Gasteiger partial charge in [0.2, 0.25) is 0 Å². The molecule has 0 aliphatic carbocycles.